The second-order valence-corrected chi connectivity index (χ2v) is 6.76. The zero-order valence-electron chi connectivity index (χ0n) is 14.8. The predicted octanol–water partition coefficient (Wildman–Crippen LogP) is 4.68. The van der Waals surface area contributed by atoms with Crippen LogP contribution in [0, 0.1) is 18.8 Å². The first-order valence-electron chi connectivity index (χ1n) is 8.30. The molecule has 4 heteroatoms. The smallest absolute Gasteiger partial charge is 0.311 e. The van der Waals surface area contributed by atoms with E-state index in [1.165, 1.54) is 0 Å². The van der Waals surface area contributed by atoms with E-state index in [1.807, 2.05) is 13.0 Å². The minimum atomic E-state index is -0.304. The molecule has 0 bridgehead atoms. The van der Waals surface area contributed by atoms with Crippen LogP contribution in [-0.2, 0) is 9.59 Å². The molecule has 0 unspecified atom stereocenters. The molecule has 23 heavy (non-hydrogen) atoms. The monoisotopic (exact) mass is 320 g/mol. The van der Waals surface area contributed by atoms with Gasteiger partial charge in [-0.1, -0.05) is 33.8 Å². The van der Waals surface area contributed by atoms with Gasteiger partial charge in [0.25, 0.3) is 0 Å². The summed E-state index contributed by atoms with van der Waals surface area (Å²) in [5, 5.41) is 0. The van der Waals surface area contributed by atoms with E-state index in [1.54, 1.807) is 12.1 Å². The maximum atomic E-state index is 11.9. The van der Waals surface area contributed by atoms with Gasteiger partial charge in [0.1, 0.15) is 0 Å². The number of ether oxygens (including phenoxy) is 2. The van der Waals surface area contributed by atoms with Gasteiger partial charge >= 0.3 is 11.9 Å². The van der Waals surface area contributed by atoms with Gasteiger partial charge in [0, 0.05) is 12.8 Å². The van der Waals surface area contributed by atoms with Crippen LogP contribution in [0.25, 0.3) is 0 Å². The molecular formula is C19H28O4. The highest BCUT2D eigenvalue weighted by Crippen LogP contribution is 2.29. The van der Waals surface area contributed by atoms with Crippen molar-refractivity contribution >= 4 is 11.9 Å². The van der Waals surface area contributed by atoms with Gasteiger partial charge in [0.2, 0.25) is 0 Å². The Morgan fingerprint density at radius 1 is 0.870 bits per heavy atom. The van der Waals surface area contributed by atoms with E-state index in [9.17, 15) is 9.59 Å². The van der Waals surface area contributed by atoms with Crippen molar-refractivity contribution in [3.8, 4) is 11.5 Å². The van der Waals surface area contributed by atoms with Gasteiger partial charge in [-0.3, -0.25) is 9.59 Å². The van der Waals surface area contributed by atoms with Gasteiger partial charge in [-0.25, -0.2) is 0 Å². The molecule has 0 aliphatic carbocycles. The Morgan fingerprint density at radius 2 is 1.35 bits per heavy atom. The fraction of sp³-hybridized carbons (Fsp3) is 0.579. The first kappa shape index (κ1) is 19.2. The Balaban J connectivity index is 2.72. The van der Waals surface area contributed by atoms with E-state index in [2.05, 4.69) is 27.7 Å². The van der Waals surface area contributed by atoms with E-state index in [4.69, 9.17) is 9.47 Å². The van der Waals surface area contributed by atoms with Crippen LogP contribution in [-0.4, -0.2) is 11.9 Å². The van der Waals surface area contributed by atoms with Gasteiger partial charge in [0.15, 0.2) is 11.5 Å². The van der Waals surface area contributed by atoms with Crippen molar-refractivity contribution in [2.24, 2.45) is 11.8 Å². The number of hydrogen-bond acceptors (Lipinski definition) is 4. The lowest BCUT2D eigenvalue weighted by atomic mass is 10.1. The number of carbonyl (C=O) groups excluding carboxylic acids is 2. The molecule has 0 amide bonds. The maximum Gasteiger partial charge on any atom is 0.311 e. The molecule has 0 spiro atoms. The van der Waals surface area contributed by atoms with Crippen molar-refractivity contribution in [3.63, 3.8) is 0 Å². The maximum absolute atomic E-state index is 11.9. The van der Waals surface area contributed by atoms with Crippen LogP contribution in [0.1, 0.15) is 58.9 Å². The van der Waals surface area contributed by atoms with Crippen molar-refractivity contribution in [1.29, 1.82) is 0 Å². The molecule has 0 saturated heterocycles. The summed E-state index contributed by atoms with van der Waals surface area (Å²) in [4.78, 5) is 23.8. The standard InChI is InChI=1S/C19H28O4/c1-13(2)6-10-18(20)22-16-9-8-15(5)12-17(16)23-19(21)11-7-14(3)4/h8-9,12-14H,6-7,10-11H2,1-5H3. The van der Waals surface area contributed by atoms with Crippen LogP contribution in [0.15, 0.2) is 18.2 Å². The van der Waals surface area contributed by atoms with Crippen LogP contribution in [0.2, 0.25) is 0 Å². The minimum absolute atomic E-state index is 0.302. The molecule has 0 saturated carbocycles. The van der Waals surface area contributed by atoms with Crippen molar-refractivity contribution in [1.82, 2.24) is 0 Å². The van der Waals surface area contributed by atoms with Crippen LogP contribution >= 0.6 is 0 Å². The predicted molar refractivity (Wildman–Crippen MR) is 90.6 cm³/mol. The van der Waals surface area contributed by atoms with Gasteiger partial charge in [0.05, 0.1) is 0 Å². The number of esters is 2. The largest absolute Gasteiger partial charge is 0.423 e. The first-order valence-corrected chi connectivity index (χ1v) is 8.30. The molecule has 0 fully saturated rings. The highest BCUT2D eigenvalue weighted by molar-refractivity contribution is 5.76. The third-order valence-corrected chi connectivity index (χ3v) is 3.40. The van der Waals surface area contributed by atoms with Crippen LogP contribution in [0.3, 0.4) is 0 Å². The molecule has 128 valence electrons. The molecule has 4 nitrogen and oxygen atoms in total. The van der Waals surface area contributed by atoms with E-state index in [-0.39, 0.29) is 11.9 Å². The molecule has 0 atom stereocenters. The first-order chi connectivity index (χ1) is 10.8. The van der Waals surface area contributed by atoms with Crippen LogP contribution in [0.5, 0.6) is 11.5 Å². The molecule has 0 radical (unpaired) electrons. The van der Waals surface area contributed by atoms with Crippen molar-refractivity contribution in [2.75, 3.05) is 0 Å². The zero-order chi connectivity index (χ0) is 17.4. The second kappa shape index (κ2) is 9.33. The van der Waals surface area contributed by atoms with Gasteiger partial charge in [-0.05, 0) is 49.3 Å². The minimum Gasteiger partial charge on any atom is -0.423 e. The zero-order valence-corrected chi connectivity index (χ0v) is 14.8. The quantitative estimate of drug-likeness (QED) is 0.515. The highest BCUT2D eigenvalue weighted by atomic mass is 16.6. The summed E-state index contributed by atoms with van der Waals surface area (Å²) in [6.07, 6.45) is 2.25. The Bertz CT molecular complexity index is 532. The lowest BCUT2D eigenvalue weighted by Gasteiger charge is -2.12. The summed E-state index contributed by atoms with van der Waals surface area (Å²) < 4.78 is 10.7. The number of carbonyl (C=O) groups is 2. The molecule has 0 aromatic heterocycles. The number of rotatable bonds is 8. The SMILES string of the molecule is Cc1ccc(OC(=O)CCC(C)C)c(OC(=O)CCC(C)C)c1. The lowest BCUT2D eigenvalue weighted by Crippen LogP contribution is -2.13. The van der Waals surface area contributed by atoms with E-state index < -0.39 is 0 Å². The summed E-state index contributed by atoms with van der Waals surface area (Å²) in [5.41, 5.74) is 0.943. The summed E-state index contributed by atoms with van der Waals surface area (Å²) in [6, 6.07) is 5.22. The van der Waals surface area contributed by atoms with E-state index >= 15 is 0 Å². The topological polar surface area (TPSA) is 52.6 Å². The summed E-state index contributed by atoms with van der Waals surface area (Å²) in [7, 11) is 0. The van der Waals surface area contributed by atoms with Gasteiger partial charge < -0.3 is 9.47 Å². The molecule has 0 N–H and O–H groups in total. The Kier molecular flexibility index (Phi) is 7.79. The van der Waals surface area contributed by atoms with E-state index in [0.29, 0.717) is 36.2 Å². The number of hydrogen-bond donors (Lipinski definition) is 0. The van der Waals surface area contributed by atoms with Crippen LogP contribution < -0.4 is 9.47 Å². The Morgan fingerprint density at radius 3 is 1.83 bits per heavy atom. The molecular weight excluding hydrogens is 292 g/mol. The molecule has 0 heterocycles. The van der Waals surface area contributed by atoms with Crippen molar-refractivity contribution in [3.05, 3.63) is 23.8 Å². The Labute approximate surface area is 139 Å². The number of aryl methyl sites for hydroxylation is 1. The Hall–Kier alpha value is -1.84. The van der Waals surface area contributed by atoms with Gasteiger partial charge in [-0.15, -0.1) is 0 Å². The highest BCUT2D eigenvalue weighted by Gasteiger charge is 2.15. The molecule has 0 aliphatic heterocycles. The third kappa shape index (κ3) is 7.82. The third-order valence-electron chi connectivity index (χ3n) is 3.40. The number of benzene rings is 1. The fourth-order valence-electron chi connectivity index (χ4n) is 1.94. The van der Waals surface area contributed by atoms with Crippen molar-refractivity contribution < 1.29 is 19.1 Å². The second-order valence-electron chi connectivity index (χ2n) is 6.76. The van der Waals surface area contributed by atoms with Gasteiger partial charge in [-0.2, -0.15) is 0 Å². The molecule has 0 aliphatic rings. The average molecular weight is 320 g/mol. The summed E-state index contributed by atoms with van der Waals surface area (Å²) >= 11 is 0. The molecule has 1 rings (SSSR count). The van der Waals surface area contributed by atoms with Crippen LogP contribution in [0.4, 0.5) is 0 Å². The molecule has 1 aromatic rings. The fourth-order valence-corrected chi connectivity index (χ4v) is 1.94. The van der Waals surface area contributed by atoms with E-state index in [0.717, 1.165) is 18.4 Å². The lowest BCUT2D eigenvalue weighted by molar-refractivity contribution is -0.137. The summed E-state index contributed by atoms with van der Waals surface area (Å²) in [5.74, 6) is 0.895. The van der Waals surface area contributed by atoms with Crippen molar-refractivity contribution in [2.45, 2.75) is 60.3 Å². The normalized spacial score (nSPS) is 10.9. The molecule has 1 aromatic carbocycles. The average Bonchev–Trinajstić information content (AvgIpc) is 2.46. The summed E-state index contributed by atoms with van der Waals surface area (Å²) in [6.45, 7) is 10.1.